The highest BCUT2D eigenvalue weighted by atomic mass is 31.2. The molecule has 6 heteroatoms. The van der Waals surface area contributed by atoms with Crippen molar-refractivity contribution in [1.82, 2.24) is 0 Å². The molecule has 1 N–H and O–H groups in total. The van der Waals surface area contributed by atoms with E-state index >= 15 is 0 Å². The van der Waals surface area contributed by atoms with E-state index in [0.29, 0.717) is 12.8 Å². The molecule has 1 unspecified atom stereocenters. The summed E-state index contributed by atoms with van der Waals surface area (Å²) in [6.45, 7) is 6.97. The summed E-state index contributed by atoms with van der Waals surface area (Å²) in [6, 6.07) is 0. The lowest BCUT2D eigenvalue weighted by atomic mass is 10.7. The largest absolute Gasteiger partial charge is 0.478 e. The molecule has 0 saturated heterocycles. The summed E-state index contributed by atoms with van der Waals surface area (Å²) < 4.78 is 20.6. The third-order valence-electron chi connectivity index (χ3n) is 1.17. The molecule has 14 heavy (non-hydrogen) atoms. The highest BCUT2D eigenvalue weighted by Crippen LogP contribution is 2.46. The van der Waals surface area contributed by atoms with Crippen LogP contribution in [-0.2, 0) is 18.4 Å². The van der Waals surface area contributed by atoms with Gasteiger partial charge in [0.1, 0.15) is 0 Å². The molecule has 0 saturated carbocycles. The zero-order valence-electron chi connectivity index (χ0n) is 8.73. The molecule has 84 valence electrons. The molecule has 0 rings (SSSR count). The average Bonchev–Trinajstić information content (AvgIpc) is 2.19. The van der Waals surface area contributed by atoms with Crippen molar-refractivity contribution >= 4 is 13.6 Å². The lowest BCUT2D eigenvalue weighted by molar-refractivity contribution is -0.131. The molecule has 0 aromatic rings. The van der Waals surface area contributed by atoms with Gasteiger partial charge in [0.15, 0.2) is 0 Å². The van der Waals surface area contributed by atoms with Gasteiger partial charge in [0, 0.05) is 19.3 Å². The lowest BCUT2D eigenvalue weighted by Crippen LogP contribution is -1.93. The molecule has 0 aromatic carbocycles. The minimum absolute atomic E-state index is 0.442. The first-order chi connectivity index (χ1) is 6.45. The Hall–Kier alpha value is -0.640. The molecule has 0 heterocycles. The molecule has 0 amide bonds. The second-order valence-electron chi connectivity index (χ2n) is 2.07. The Morgan fingerprint density at radius 1 is 1.57 bits per heavy atom. The normalized spacial score (nSPS) is 13.4. The summed E-state index contributed by atoms with van der Waals surface area (Å²) in [7, 11) is -1.28. The van der Waals surface area contributed by atoms with E-state index < -0.39 is 13.6 Å². The van der Waals surface area contributed by atoms with E-state index in [2.05, 4.69) is 11.1 Å². The van der Waals surface area contributed by atoms with E-state index in [0.717, 1.165) is 6.08 Å². The van der Waals surface area contributed by atoms with E-state index in [1.807, 2.05) is 0 Å². The minimum Gasteiger partial charge on any atom is -0.478 e. The fourth-order valence-electron chi connectivity index (χ4n) is 0.470. The first-order valence-electron chi connectivity index (χ1n) is 4.10. The van der Waals surface area contributed by atoms with Gasteiger partial charge in [0.25, 0.3) is 0 Å². The number of aliphatic carboxylic acids is 1. The highest BCUT2D eigenvalue weighted by Gasteiger charge is 2.17. The predicted molar refractivity (Wildman–Crippen MR) is 54.6 cm³/mol. The Morgan fingerprint density at radius 3 is 2.07 bits per heavy atom. The molecular weight excluding hydrogens is 207 g/mol. The summed E-state index contributed by atoms with van der Waals surface area (Å²) in [5.74, 6) is -0.981. The third kappa shape index (κ3) is 9.45. The van der Waals surface area contributed by atoms with E-state index in [1.165, 1.54) is 7.11 Å². The van der Waals surface area contributed by atoms with Gasteiger partial charge in [-0.1, -0.05) is 13.5 Å². The summed E-state index contributed by atoms with van der Waals surface area (Å²) in [5, 5.41) is 7.60. The molecule has 1 atom stereocenters. The molecule has 0 aliphatic heterocycles. The zero-order valence-corrected chi connectivity index (χ0v) is 9.62. The summed E-state index contributed by atoms with van der Waals surface area (Å²) in [6.07, 6.45) is 1.28. The lowest BCUT2D eigenvalue weighted by Gasteiger charge is -2.11. The van der Waals surface area contributed by atoms with Crippen LogP contribution in [0.4, 0.5) is 0 Å². The SMILES string of the molecule is C=CC(=O)O.CCOP(=O)(CC)OC. The van der Waals surface area contributed by atoms with Crippen LogP contribution < -0.4 is 0 Å². The number of carboxylic acids is 1. The molecule has 0 spiro atoms. The molecule has 0 aliphatic carbocycles. The molecule has 0 aliphatic rings. The number of rotatable bonds is 5. The third-order valence-corrected chi connectivity index (χ3v) is 3.15. The van der Waals surface area contributed by atoms with Crippen molar-refractivity contribution in [3.05, 3.63) is 12.7 Å². The standard InChI is InChI=1S/C5H13O3P.C3H4O2/c1-4-8-9(6,5-2)7-3;1-2-3(4)5/h4-5H2,1-3H3;2H,1H2,(H,4,5). The smallest absolute Gasteiger partial charge is 0.330 e. The number of hydrogen-bond acceptors (Lipinski definition) is 4. The summed E-state index contributed by atoms with van der Waals surface area (Å²) in [4.78, 5) is 9.25. The van der Waals surface area contributed by atoms with Crippen LogP contribution in [0.2, 0.25) is 0 Å². The van der Waals surface area contributed by atoms with Crippen molar-refractivity contribution in [3.8, 4) is 0 Å². The van der Waals surface area contributed by atoms with Crippen molar-refractivity contribution < 1.29 is 23.5 Å². The van der Waals surface area contributed by atoms with Crippen molar-refractivity contribution in [2.75, 3.05) is 19.9 Å². The van der Waals surface area contributed by atoms with Crippen LogP contribution >= 0.6 is 7.60 Å². The van der Waals surface area contributed by atoms with Gasteiger partial charge in [-0.3, -0.25) is 4.57 Å². The first-order valence-corrected chi connectivity index (χ1v) is 5.83. The van der Waals surface area contributed by atoms with Crippen LogP contribution in [0.15, 0.2) is 12.7 Å². The van der Waals surface area contributed by atoms with Crippen LogP contribution in [0, 0.1) is 0 Å². The molecule has 0 fully saturated rings. The number of carbonyl (C=O) groups is 1. The van der Waals surface area contributed by atoms with Crippen molar-refractivity contribution in [2.24, 2.45) is 0 Å². The Labute approximate surface area is 84.3 Å². The maximum Gasteiger partial charge on any atom is 0.330 e. The zero-order chi connectivity index (χ0) is 11.6. The predicted octanol–water partition coefficient (Wildman–Crippen LogP) is 2.14. The van der Waals surface area contributed by atoms with Gasteiger partial charge in [-0.2, -0.15) is 0 Å². The van der Waals surface area contributed by atoms with Crippen LogP contribution in [0.5, 0.6) is 0 Å². The Bertz CT molecular complexity index is 206. The number of carboxylic acid groups (broad SMARTS) is 1. The molecular formula is C8H17O5P. The van der Waals surface area contributed by atoms with Gasteiger partial charge in [-0.05, 0) is 6.92 Å². The van der Waals surface area contributed by atoms with E-state index in [9.17, 15) is 9.36 Å². The van der Waals surface area contributed by atoms with Crippen molar-refractivity contribution in [2.45, 2.75) is 13.8 Å². The minimum atomic E-state index is -2.68. The first kappa shape index (κ1) is 15.8. The van der Waals surface area contributed by atoms with Crippen LogP contribution in [0.1, 0.15) is 13.8 Å². The highest BCUT2D eigenvalue weighted by molar-refractivity contribution is 7.53. The molecule has 0 aromatic heterocycles. The van der Waals surface area contributed by atoms with Gasteiger partial charge in [0.2, 0.25) is 0 Å². The second-order valence-corrected chi connectivity index (χ2v) is 4.55. The molecule has 5 nitrogen and oxygen atoms in total. The Kier molecular flexibility index (Phi) is 10.1. The number of hydrogen-bond donors (Lipinski definition) is 1. The van der Waals surface area contributed by atoms with Crippen LogP contribution in [0.25, 0.3) is 0 Å². The van der Waals surface area contributed by atoms with Gasteiger partial charge in [-0.25, -0.2) is 4.79 Å². The van der Waals surface area contributed by atoms with Crippen LogP contribution in [0.3, 0.4) is 0 Å². The quantitative estimate of drug-likeness (QED) is 0.572. The monoisotopic (exact) mass is 224 g/mol. The van der Waals surface area contributed by atoms with Gasteiger partial charge < -0.3 is 14.2 Å². The average molecular weight is 224 g/mol. The summed E-state index contributed by atoms with van der Waals surface area (Å²) >= 11 is 0. The second kappa shape index (κ2) is 8.94. The van der Waals surface area contributed by atoms with Crippen molar-refractivity contribution in [1.29, 1.82) is 0 Å². The van der Waals surface area contributed by atoms with Gasteiger partial charge >= 0.3 is 13.6 Å². The Morgan fingerprint density at radius 2 is 2.00 bits per heavy atom. The maximum absolute atomic E-state index is 11.1. The van der Waals surface area contributed by atoms with Gasteiger partial charge in [-0.15, -0.1) is 0 Å². The summed E-state index contributed by atoms with van der Waals surface area (Å²) in [5.41, 5.74) is 0. The maximum atomic E-state index is 11.1. The van der Waals surface area contributed by atoms with E-state index in [4.69, 9.17) is 9.63 Å². The van der Waals surface area contributed by atoms with E-state index in [-0.39, 0.29) is 0 Å². The van der Waals surface area contributed by atoms with E-state index in [1.54, 1.807) is 13.8 Å². The van der Waals surface area contributed by atoms with Crippen LogP contribution in [-0.4, -0.2) is 31.0 Å². The fourth-order valence-corrected chi connectivity index (χ4v) is 1.41. The molecule has 0 bridgehead atoms. The van der Waals surface area contributed by atoms with Crippen molar-refractivity contribution in [3.63, 3.8) is 0 Å². The Balaban J connectivity index is 0. The topological polar surface area (TPSA) is 72.8 Å². The molecule has 0 radical (unpaired) electrons. The van der Waals surface area contributed by atoms with Gasteiger partial charge in [0.05, 0.1) is 6.61 Å². The fraction of sp³-hybridized carbons (Fsp3) is 0.625.